The molecule has 0 spiro atoms. The molecule has 0 radical (unpaired) electrons. The zero-order chi connectivity index (χ0) is 8.48. The minimum absolute atomic E-state index is 0.164. The van der Waals surface area contributed by atoms with Gasteiger partial charge in [0, 0.05) is 7.11 Å². The first-order valence-corrected chi connectivity index (χ1v) is 3.78. The normalized spacial score (nSPS) is 37.1. The van der Waals surface area contributed by atoms with Crippen LogP contribution in [0.25, 0.3) is 0 Å². The zero-order valence-electron chi connectivity index (χ0n) is 6.87. The summed E-state index contributed by atoms with van der Waals surface area (Å²) in [5.41, 5.74) is 0. The summed E-state index contributed by atoms with van der Waals surface area (Å²) in [6.45, 7) is 1.59. The van der Waals surface area contributed by atoms with Crippen molar-refractivity contribution in [3.05, 3.63) is 0 Å². The predicted molar refractivity (Wildman–Crippen MR) is 39.8 cm³/mol. The first-order valence-electron chi connectivity index (χ1n) is 3.78. The van der Waals surface area contributed by atoms with Gasteiger partial charge in [0.1, 0.15) is 6.23 Å². The molecule has 1 aliphatic rings. The van der Waals surface area contributed by atoms with Crippen molar-refractivity contribution in [2.24, 2.45) is 0 Å². The van der Waals surface area contributed by atoms with Gasteiger partial charge in [0.2, 0.25) is 0 Å². The minimum Gasteiger partial charge on any atom is -0.379 e. The minimum atomic E-state index is -1.17. The maximum Gasteiger partial charge on any atom is 0.177 e. The van der Waals surface area contributed by atoms with E-state index in [4.69, 9.17) is 9.84 Å². The number of ether oxygens (including phenoxy) is 1. The third-order valence-electron chi connectivity index (χ3n) is 2.18. The molecule has 4 nitrogen and oxygen atoms in total. The smallest absolute Gasteiger partial charge is 0.177 e. The molecule has 1 aliphatic heterocycles. The second-order valence-electron chi connectivity index (χ2n) is 3.07. The number of nitrogens with one attached hydrogen (secondary N) is 1. The van der Waals surface area contributed by atoms with Crippen LogP contribution in [0.2, 0.25) is 0 Å². The van der Waals surface area contributed by atoms with Crippen LogP contribution in [0.4, 0.5) is 0 Å². The van der Waals surface area contributed by atoms with Crippen molar-refractivity contribution in [3.8, 4) is 0 Å². The molecule has 0 aliphatic carbocycles. The molecule has 3 unspecified atom stereocenters. The Kier molecular flexibility index (Phi) is 2.49. The number of hydrogen-bond acceptors (Lipinski definition) is 4. The van der Waals surface area contributed by atoms with E-state index in [1.165, 1.54) is 7.11 Å². The van der Waals surface area contributed by atoms with Crippen LogP contribution in [0.5, 0.6) is 0 Å². The van der Waals surface area contributed by atoms with Crippen LogP contribution in [0, 0.1) is 0 Å². The lowest BCUT2D eigenvalue weighted by Crippen LogP contribution is -2.48. The van der Waals surface area contributed by atoms with Gasteiger partial charge in [-0.2, -0.15) is 0 Å². The monoisotopic (exact) mass is 161 g/mol. The number of rotatable bonds is 2. The summed E-state index contributed by atoms with van der Waals surface area (Å²) in [7, 11) is 1.45. The number of hydrogen-bond donors (Lipinski definition) is 3. The molecule has 3 atom stereocenters. The van der Waals surface area contributed by atoms with Gasteiger partial charge in [-0.1, -0.05) is 0 Å². The quantitative estimate of drug-likeness (QED) is 0.474. The number of aliphatic hydroxyl groups is 2. The van der Waals surface area contributed by atoms with Gasteiger partial charge < -0.3 is 14.9 Å². The van der Waals surface area contributed by atoms with Crippen LogP contribution < -0.4 is 5.32 Å². The van der Waals surface area contributed by atoms with Gasteiger partial charge in [-0.3, -0.25) is 5.32 Å². The Morgan fingerprint density at radius 2 is 2.18 bits per heavy atom. The molecular weight excluding hydrogens is 146 g/mol. The summed E-state index contributed by atoms with van der Waals surface area (Å²) in [5.74, 6) is -1.17. The summed E-state index contributed by atoms with van der Waals surface area (Å²) in [4.78, 5) is 0. The molecule has 1 heterocycles. The van der Waals surface area contributed by atoms with Crippen LogP contribution in [-0.4, -0.2) is 35.4 Å². The van der Waals surface area contributed by atoms with Crippen LogP contribution in [-0.2, 0) is 4.74 Å². The molecule has 0 bridgehead atoms. The highest BCUT2D eigenvalue weighted by Gasteiger charge is 2.36. The average molecular weight is 161 g/mol. The second kappa shape index (κ2) is 3.06. The van der Waals surface area contributed by atoms with Gasteiger partial charge in [-0.25, -0.2) is 0 Å². The van der Waals surface area contributed by atoms with Crippen molar-refractivity contribution in [1.29, 1.82) is 0 Å². The zero-order valence-corrected chi connectivity index (χ0v) is 6.87. The first kappa shape index (κ1) is 8.93. The van der Waals surface area contributed by atoms with Crippen LogP contribution in [0.3, 0.4) is 0 Å². The Morgan fingerprint density at radius 3 is 2.55 bits per heavy atom. The largest absolute Gasteiger partial charge is 0.379 e. The fourth-order valence-corrected chi connectivity index (χ4v) is 1.29. The van der Waals surface area contributed by atoms with E-state index < -0.39 is 12.0 Å². The highest BCUT2D eigenvalue weighted by molar-refractivity contribution is 4.86. The Morgan fingerprint density at radius 1 is 1.55 bits per heavy atom. The molecule has 4 heteroatoms. The summed E-state index contributed by atoms with van der Waals surface area (Å²) < 4.78 is 4.85. The van der Waals surface area contributed by atoms with Gasteiger partial charge in [-0.05, 0) is 19.8 Å². The fraction of sp³-hybridized carbons (Fsp3) is 1.00. The Hall–Kier alpha value is -0.160. The molecule has 66 valence electrons. The topological polar surface area (TPSA) is 61.7 Å². The van der Waals surface area contributed by atoms with Gasteiger partial charge in [0.15, 0.2) is 5.79 Å². The maximum absolute atomic E-state index is 9.54. The molecule has 0 saturated carbocycles. The molecule has 0 aromatic rings. The molecule has 1 fully saturated rings. The van der Waals surface area contributed by atoms with Crippen LogP contribution >= 0.6 is 0 Å². The van der Waals surface area contributed by atoms with E-state index in [1.807, 2.05) is 0 Å². The molecule has 0 amide bonds. The Bertz CT molecular complexity index is 138. The van der Waals surface area contributed by atoms with E-state index >= 15 is 0 Å². The number of aliphatic hydroxyl groups excluding tert-OH is 1. The van der Waals surface area contributed by atoms with Gasteiger partial charge >= 0.3 is 0 Å². The Labute approximate surface area is 66.2 Å². The van der Waals surface area contributed by atoms with Crippen molar-refractivity contribution in [1.82, 2.24) is 5.32 Å². The standard InChI is InChI=1S/C7H15NO3/c1-7(10,11-2)5-3-4-6(9)8-5/h5-6,8-10H,3-4H2,1-2H3. The maximum atomic E-state index is 9.54. The predicted octanol–water partition coefficient (Wildman–Crippen LogP) is -0.588. The van der Waals surface area contributed by atoms with Crippen LogP contribution in [0.15, 0.2) is 0 Å². The van der Waals surface area contributed by atoms with E-state index in [0.29, 0.717) is 6.42 Å². The summed E-state index contributed by atoms with van der Waals surface area (Å²) in [5, 5.41) is 21.5. The molecule has 1 saturated heterocycles. The number of methoxy groups -OCH3 is 1. The van der Waals surface area contributed by atoms with Gasteiger partial charge in [0.25, 0.3) is 0 Å². The molecule has 11 heavy (non-hydrogen) atoms. The first-order chi connectivity index (χ1) is 5.06. The molecule has 3 N–H and O–H groups in total. The lowest BCUT2D eigenvalue weighted by atomic mass is 10.1. The van der Waals surface area contributed by atoms with E-state index in [0.717, 1.165) is 6.42 Å². The molecule has 1 rings (SSSR count). The molecule has 0 aromatic heterocycles. The lowest BCUT2D eigenvalue weighted by Gasteiger charge is -2.28. The lowest BCUT2D eigenvalue weighted by molar-refractivity contribution is -0.190. The Balaban J connectivity index is 2.48. The molecular formula is C7H15NO3. The van der Waals surface area contributed by atoms with E-state index in [9.17, 15) is 5.11 Å². The van der Waals surface area contributed by atoms with Crippen molar-refractivity contribution < 1.29 is 14.9 Å². The third-order valence-corrected chi connectivity index (χ3v) is 2.18. The summed E-state index contributed by atoms with van der Waals surface area (Å²) in [6, 6.07) is -0.164. The van der Waals surface area contributed by atoms with Crippen molar-refractivity contribution >= 4 is 0 Å². The van der Waals surface area contributed by atoms with Crippen LogP contribution in [0.1, 0.15) is 19.8 Å². The molecule has 0 aromatic carbocycles. The van der Waals surface area contributed by atoms with E-state index in [2.05, 4.69) is 5.32 Å². The second-order valence-corrected chi connectivity index (χ2v) is 3.07. The fourth-order valence-electron chi connectivity index (χ4n) is 1.29. The summed E-state index contributed by atoms with van der Waals surface area (Å²) >= 11 is 0. The van der Waals surface area contributed by atoms with Crippen molar-refractivity contribution in [3.63, 3.8) is 0 Å². The van der Waals surface area contributed by atoms with Crippen molar-refractivity contribution in [2.45, 2.75) is 37.8 Å². The summed E-state index contributed by atoms with van der Waals surface area (Å²) in [6.07, 6.45) is 0.910. The van der Waals surface area contributed by atoms with Gasteiger partial charge in [0.05, 0.1) is 6.04 Å². The van der Waals surface area contributed by atoms with Gasteiger partial charge in [-0.15, -0.1) is 0 Å². The SMILES string of the molecule is COC(C)(O)C1CCC(O)N1. The van der Waals surface area contributed by atoms with Crippen molar-refractivity contribution in [2.75, 3.05) is 7.11 Å². The third kappa shape index (κ3) is 1.90. The van der Waals surface area contributed by atoms with E-state index in [1.54, 1.807) is 6.92 Å². The highest BCUT2D eigenvalue weighted by Crippen LogP contribution is 2.21. The average Bonchev–Trinajstić information content (AvgIpc) is 2.36. The van der Waals surface area contributed by atoms with E-state index in [-0.39, 0.29) is 6.04 Å². The highest BCUT2D eigenvalue weighted by atomic mass is 16.6.